The summed E-state index contributed by atoms with van der Waals surface area (Å²) in [4.78, 5) is 13.6. The Bertz CT molecular complexity index is 627. The first kappa shape index (κ1) is 13.3. The van der Waals surface area contributed by atoms with E-state index in [1.54, 1.807) is 6.20 Å². The van der Waals surface area contributed by atoms with Crippen molar-refractivity contribution < 1.29 is 0 Å². The molecule has 0 aromatic carbocycles. The third kappa shape index (κ3) is 2.48. The highest BCUT2D eigenvalue weighted by Gasteiger charge is 2.20. The number of hydrogen-bond donors (Lipinski definition) is 1. The van der Waals surface area contributed by atoms with Crippen LogP contribution in [0.4, 0.5) is 5.82 Å². The summed E-state index contributed by atoms with van der Waals surface area (Å²) < 4.78 is 0. The van der Waals surface area contributed by atoms with Crippen molar-refractivity contribution in [1.82, 2.24) is 15.0 Å². The lowest BCUT2D eigenvalue weighted by Gasteiger charge is -2.11. The molecule has 3 rings (SSSR count). The SMILES string of the molecule is CCCNc1nc(-c2ncccc2Cl)nc2c1CCC2. The average Bonchev–Trinajstić information content (AvgIpc) is 2.93. The van der Waals surface area contributed by atoms with Gasteiger partial charge < -0.3 is 5.32 Å². The van der Waals surface area contributed by atoms with Crippen LogP contribution in [0.15, 0.2) is 18.3 Å². The van der Waals surface area contributed by atoms with E-state index in [1.807, 2.05) is 12.1 Å². The van der Waals surface area contributed by atoms with Gasteiger partial charge >= 0.3 is 0 Å². The zero-order chi connectivity index (χ0) is 13.9. The van der Waals surface area contributed by atoms with Crippen molar-refractivity contribution in [3.8, 4) is 11.5 Å². The minimum atomic E-state index is 0.590. The van der Waals surface area contributed by atoms with Gasteiger partial charge in [-0.25, -0.2) is 9.97 Å². The smallest absolute Gasteiger partial charge is 0.181 e. The average molecular weight is 289 g/mol. The first-order valence-electron chi connectivity index (χ1n) is 7.04. The predicted molar refractivity (Wildman–Crippen MR) is 81.1 cm³/mol. The van der Waals surface area contributed by atoms with Crippen molar-refractivity contribution in [2.24, 2.45) is 0 Å². The largest absolute Gasteiger partial charge is 0.370 e. The van der Waals surface area contributed by atoms with Gasteiger partial charge in [-0.15, -0.1) is 0 Å². The number of fused-ring (bicyclic) bond motifs is 1. The monoisotopic (exact) mass is 288 g/mol. The van der Waals surface area contributed by atoms with E-state index in [9.17, 15) is 0 Å². The molecule has 0 bridgehead atoms. The Kier molecular flexibility index (Phi) is 3.83. The van der Waals surface area contributed by atoms with Gasteiger partial charge in [0.2, 0.25) is 0 Å². The second kappa shape index (κ2) is 5.75. The molecule has 2 aromatic heterocycles. The van der Waals surface area contributed by atoms with Crippen LogP contribution in [0, 0.1) is 0 Å². The van der Waals surface area contributed by atoms with Crippen LogP contribution in [0.25, 0.3) is 11.5 Å². The van der Waals surface area contributed by atoms with Crippen LogP contribution >= 0.6 is 11.6 Å². The molecule has 0 amide bonds. The minimum Gasteiger partial charge on any atom is -0.370 e. The van der Waals surface area contributed by atoms with Crippen molar-refractivity contribution >= 4 is 17.4 Å². The fourth-order valence-corrected chi connectivity index (χ4v) is 2.68. The van der Waals surface area contributed by atoms with E-state index < -0.39 is 0 Å². The molecule has 0 fully saturated rings. The van der Waals surface area contributed by atoms with E-state index in [1.165, 1.54) is 5.56 Å². The summed E-state index contributed by atoms with van der Waals surface area (Å²) in [5, 5.41) is 3.99. The van der Waals surface area contributed by atoms with Gasteiger partial charge in [0.25, 0.3) is 0 Å². The van der Waals surface area contributed by atoms with Crippen molar-refractivity contribution in [2.45, 2.75) is 32.6 Å². The number of pyridine rings is 1. The van der Waals surface area contributed by atoms with Crippen LogP contribution in [-0.4, -0.2) is 21.5 Å². The molecule has 0 spiro atoms. The van der Waals surface area contributed by atoms with E-state index in [2.05, 4.69) is 27.2 Å². The van der Waals surface area contributed by atoms with E-state index >= 15 is 0 Å². The maximum absolute atomic E-state index is 6.20. The van der Waals surface area contributed by atoms with E-state index in [-0.39, 0.29) is 0 Å². The van der Waals surface area contributed by atoms with Gasteiger partial charge in [-0.1, -0.05) is 18.5 Å². The lowest BCUT2D eigenvalue weighted by Crippen LogP contribution is -2.08. The summed E-state index contributed by atoms with van der Waals surface area (Å²) in [6.45, 7) is 3.06. The van der Waals surface area contributed by atoms with Crippen LogP contribution in [-0.2, 0) is 12.8 Å². The van der Waals surface area contributed by atoms with Gasteiger partial charge in [0.1, 0.15) is 11.5 Å². The number of nitrogens with zero attached hydrogens (tertiary/aromatic N) is 3. The highest BCUT2D eigenvalue weighted by Crippen LogP contribution is 2.30. The summed E-state index contributed by atoms with van der Waals surface area (Å²) in [6, 6.07) is 3.63. The molecule has 1 aliphatic carbocycles. The normalized spacial score (nSPS) is 13.3. The Morgan fingerprint density at radius 2 is 2.20 bits per heavy atom. The van der Waals surface area contributed by atoms with Crippen molar-refractivity contribution in [1.29, 1.82) is 0 Å². The van der Waals surface area contributed by atoms with E-state index in [0.29, 0.717) is 16.5 Å². The quantitative estimate of drug-likeness (QED) is 0.935. The molecule has 0 radical (unpaired) electrons. The molecule has 0 aliphatic heterocycles. The molecule has 0 saturated carbocycles. The summed E-state index contributed by atoms with van der Waals surface area (Å²) in [7, 11) is 0. The van der Waals surface area contributed by atoms with Gasteiger partial charge in [-0.3, -0.25) is 4.98 Å². The maximum Gasteiger partial charge on any atom is 0.181 e. The molecule has 5 heteroatoms. The van der Waals surface area contributed by atoms with E-state index in [4.69, 9.17) is 11.6 Å². The van der Waals surface area contributed by atoms with Gasteiger partial charge in [-0.05, 0) is 37.8 Å². The highest BCUT2D eigenvalue weighted by atomic mass is 35.5. The third-order valence-electron chi connectivity index (χ3n) is 3.45. The number of aromatic nitrogens is 3. The molecule has 2 heterocycles. The Labute approximate surface area is 123 Å². The predicted octanol–water partition coefficient (Wildman–Crippen LogP) is 3.50. The first-order chi connectivity index (χ1) is 9.79. The third-order valence-corrected chi connectivity index (χ3v) is 3.75. The highest BCUT2D eigenvalue weighted by molar-refractivity contribution is 6.32. The first-order valence-corrected chi connectivity index (χ1v) is 7.42. The lowest BCUT2D eigenvalue weighted by atomic mass is 10.2. The Morgan fingerprint density at radius 3 is 3.00 bits per heavy atom. The number of nitrogens with one attached hydrogen (secondary N) is 1. The number of hydrogen-bond acceptors (Lipinski definition) is 4. The molecule has 20 heavy (non-hydrogen) atoms. The van der Waals surface area contributed by atoms with E-state index in [0.717, 1.165) is 43.7 Å². The molecule has 104 valence electrons. The summed E-state index contributed by atoms with van der Waals surface area (Å²) in [6.07, 6.45) is 5.99. The molecule has 4 nitrogen and oxygen atoms in total. The molecule has 0 unspecified atom stereocenters. The van der Waals surface area contributed by atoms with Crippen molar-refractivity contribution in [2.75, 3.05) is 11.9 Å². The second-order valence-corrected chi connectivity index (χ2v) is 5.34. The molecular weight excluding hydrogens is 272 g/mol. The Morgan fingerprint density at radius 1 is 1.30 bits per heavy atom. The fraction of sp³-hybridized carbons (Fsp3) is 0.400. The van der Waals surface area contributed by atoms with Gasteiger partial charge in [0, 0.05) is 24.0 Å². The van der Waals surface area contributed by atoms with Crippen LogP contribution in [0.5, 0.6) is 0 Å². The van der Waals surface area contributed by atoms with Crippen LogP contribution in [0.2, 0.25) is 5.02 Å². The molecule has 0 atom stereocenters. The van der Waals surface area contributed by atoms with Crippen LogP contribution < -0.4 is 5.32 Å². The molecule has 1 N–H and O–H groups in total. The number of halogens is 1. The zero-order valence-electron chi connectivity index (χ0n) is 11.5. The van der Waals surface area contributed by atoms with Crippen LogP contribution in [0.3, 0.4) is 0 Å². The minimum absolute atomic E-state index is 0.590. The summed E-state index contributed by atoms with van der Waals surface area (Å²) in [5.41, 5.74) is 3.05. The summed E-state index contributed by atoms with van der Waals surface area (Å²) >= 11 is 6.20. The standard InChI is InChI=1S/C15H17ClN4/c1-2-8-18-14-10-5-3-7-12(10)19-15(20-14)13-11(16)6-4-9-17-13/h4,6,9H,2-3,5,7-8H2,1H3,(H,18,19,20). The second-order valence-electron chi connectivity index (χ2n) is 4.94. The van der Waals surface area contributed by atoms with Crippen molar-refractivity contribution in [3.63, 3.8) is 0 Å². The fourth-order valence-electron chi connectivity index (χ4n) is 2.48. The molecular formula is C15H17ClN4. The molecule has 2 aromatic rings. The maximum atomic E-state index is 6.20. The molecule has 0 saturated heterocycles. The number of rotatable bonds is 4. The van der Waals surface area contributed by atoms with Crippen LogP contribution in [0.1, 0.15) is 31.0 Å². The molecule has 1 aliphatic rings. The zero-order valence-corrected chi connectivity index (χ0v) is 12.2. The van der Waals surface area contributed by atoms with Gasteiger partial charge in [0.15, 0.2) is 5.82 Å². The number of anilines is 1. The number of aryl methyl sites for hydroxylation is 1. The Hall–Kier alpha value is -1.68. The van der Waals surface area contributed by atoms with Gasteiger partial charge in [-0.2, -0.15) is 0 Å². The topological polar surface area (TPSA) is 50.7 Å². The Balaban J connectivity index is 2.06. The lowest BCUT2D eigenvalue weighted by molar-refractivity contribution is 0.899. The summed E-state index contributed by atoms with van der Waals surface area (Å²) in [5.74, 6) is 1.57. The van der Waals surface area contributed by atoms with Gasteiger partial charge in [0.05, 0.1) is 5.02 Å². The van der Waals surface area contributed by atoms with Crippen molar-refractivity contribution in [3.05, 3.63) is 34.6 Å².